The summed E-state index contributed by atoms with van der Waals surface area (Å²) in [6, 6.07) is 15.4. The van der Waals surface area contributed by atoms with Crippen LogP contribution >= 0.6 is 0 Å². The number of hydrogen-bond acceptors (Lipinski definition) is 4. The minimum atomic E-state index is 0.0408. The fraction of sp³-hybridized carbons (Fsp3) is 0.222. The molecule has 2 aromatic heterocycles. The van der Waals surface area contributed by atoms with Gasteiger partial charge in [0.2, 0.25) is 5.91 Å². The van der Waals surface area contributed by atoms with E-state index in [-0.39, 0.29) is 5.91 Å². The summed E-state index contributed by atoms with van der Waals surface area (Å²) in [5, 5.41) is 4.06. The lowest BCUT2D eigenvalue weighted by Gasteiger charge is -2.14. The van der Waals surface area contributed by atoms with Crippen molar-refractivity contribution in [3.05, 3.63) is 66.3 Å². The third-order valence-electron chi connectivity index (χ3n) is 3.61. The molecule has 1 amide bonds. The number of aryl methyl sites for hydroxylation is 1. The van der Waals surface area contributed by atoms with Crippen molar-refractivity contribution in [1.82, 2.24) is 10.1 Å². The second kappa shape index (κ2) is 6.96. The van der Waals surface area contributed by atoms with Gasteiger partial charge >= 0.3 is 0 Å². The molecule has 5 heteroatoms. The number of carbonyl (C=O) groups is 1. The standard InChI is InChI=1S/C18H18N2O3/c1-20(18(21)10-9-15-8-5-11-22-15)13-16-12-17(19-23-16)14-6-3-2-4-7-14/h2-8,11-12H,9-10,13H2,1H3. The summed E-state index contributed by atoms with van der Waals surface area (Å²) in [4.78, 5) is 13.8. The van der Waals surface area contributed by atoms with Gasteiger partial charge in [0.05, 0.1) is 12.8 Å². The highest BCUT2D eigenvalue weighted by Crippen LogP contribution is 2.19. The lowest BCUT2D eigenvalue weighted by atomic mass is 10.1. The van der Waals surface area contributed by atoms with Gasteiger partial charge in [-0.3, -0.25) is 4.79 Å². The van der Waals surface area contributed by atoms with Gasteiger partial charge in [0.1, 0.15) is 11.5 Å². The predicted octanol–water partition coefficient (Wildman–Crippen LogP) is 3.53. The van der Waals surface area contributed by atoms with E-state index in [0.717, 1.165) is 17.0 Å². The van der Waals surface area contributed by atoms with Crippen molar-refractivity contribution in [2.24, 2.45) is 0 Å². The van der Waals surface area contributed by atoms with E-state index in [2.05, 4.69) is 5.16 Å². The first-order chi connectivity index (χ1) is 11.2. The van der Waals surface area contributed by atoms with Gasteiger partial charge in [0.15, 0.2) is 5.76 Å². The molecule has 0 fully saturated rings. The van der Waals surface area contributed by atoms with Crippen molar-refractivity contribution < 1.29 is 13.7 Å². The molecule has 0 aliphatic heterocycles. The highest BCUT2D eigenvalue weighted by molar-refractivity contribution is 5.76. The first-order valence-electron chi connectivity index (χ1n) is 7.50. The van der Waals surface area contributed by atoms with Gasteiger partial charge in [0.25, 0.3) is 0 Å². The maximum atomic E-state index is 12.1. The Bertz CT molecular complexity index is 748. The smallest absolute Gasteiger partial charge is 0.223 e. The van der Waals surface area contributed by atoms with Crippen LogP contribution in [0, 0.1) is 0 Å². The van der Waals surface area contributed by atoms with Crippen molar-refractivity contribution in [3.8, 4) is 11.3 Å². The number of aromatic nitrogens is 1. The highest BCUT2D eigenvalue weighted by atomic mass is 16.5. The number of hydrogen-bond donors (Lipinski definition) is 0. The molecule has 0 aliphatic rings. The molecule has 23 heavy (non-hydrogen) atoms. The summed E-state index contributed by atoms with van der Waals surface area (Å²) in [7, 11) is 1.76. The van der Waals surface area contributed by atoms with Crippen LogP contribution in [0.3, 0.4) is 0 Å². The molecule has 0 spiro atoms. The molecule has 0 radical (unpaired) electrons. The number of furan rings is 1. The Morgan fingerprint density at radius 2 is 1.96 bits per heavy atom. The third-order valence-corrected chi connectivity index (χ3v) is 3.61. The van der Waals surface area contributed by atoms with Gasteiger partial charge in [-0.05, 0) is 12.1 Å². The fourth-order valence-corrected chi connectivity index (χ4v) is 2.33. The van der Waals surface area contributed by atoms with Crippen LogP contribution in [0.2, 0.25) is 0 Å². The number of rotatable bonds is 6. The van der Waals surface area contributed by atoms with E-state index in [1.807, 2.05) is 48.5 Å². The van der Waals surface area contributed by atoms with Gasteiger partial charge in [-0.15, -0.1) is 0 Å². The quantitative estimate of drug-likeness (QED) is 0.699. The van der Waals surface area contributed by atoms with E-state index in [4.69, 9.17) is 8.94 Å². The molecule has 0 saturated heterocycles. The second-order valence-corrected chi connectivity index (χ2v) is 5.37. The van der Waals surface area contributed by atoms with Gasteiger partial charge in [-0.2, -0.15) is 0 Å². The minimum absolute atomic E-state index is 0.0408. The molecule has 0 saturated carbocycles. The molecular weight excluding hydrogens is 292 g/mol. The fourth-order valence-electron chi connectivity index (χ4n) is 2.33. The first-order valence-corrected chi connectivity index (χ1v) is 7.50. The molecule has 2 heterocycles. The predicted molar refractivity (Wildman–Crippen MR) is 85.4 cm³/mol. The lowest BCUT2D eigenvalue weighted by Crippen LogP contribution is -2.26. The molecule has 3 rings (SSSR count). The molecule has 0 N–H and O–H groups in total. The topological polar surface area (TPSA) is 59.5 Å². The molecule has 0 unspecified atom stereocenters. The summed E-state index contributed by atoms with van der Waals surface area (Å²) in [6.07, 6.45) is 2.62. The third kappa shape index (κ3) is 3.88. The van der Waals surface area contributed by atoms with Gasteiger partial charge in [-0.25, -0.2) is 0 Å². The SMILES string of the molecule is CN(Cc1cc(-c2ccccc2)no1)C(=O)CCc1ccco1. The molecule has 1 aromatic carbocycles. The van der Waals surface area contributed by atoms with Gasteiger partial charge in [0, 0.05) is 31.5 Å². The van der Waals surface area contributed by atoms with Crippen LogP contribution in [-0.2, 0) is 17.8 Å². The maximum absolute atomic E-state index is 12.1. The van der Waals surface area contributed by atoms with Gasteiger partial charge < -0.3 is 13.8 Å². The van der Waals surface area contributed by atoms with Crippen LogP contribution in [0.4, 0.5) is 0 Å². The average molecular weight is 310 g/mol. The highest BCUT2D eigenvalue weighted by Gasteiger charge is 2.13. The zero-order valence-electron chi connectivity index (χ0n) is 12.9. The average Bonchev–Trinajstić information content (AvgIpc) is 3.25. The Kier molecular flexibility index (Phi) is 4.57. The van der Waals surface area contributed by atoms with E-state index >= 15 is 0 Å². The Morgan fingerprint density at radius 3 is 2.70 bits per heavy atom. The summed E-state index contributed by atoms with van der Waals surface area (Å²) in [5.74, 6) is 1.52. The van der Waals surface area contributed by atoms with Crippen LogP contribution in [0.1, 0.15) is 17.9 Å². The second-order valence-electron chi connectivity index (χ2n) is 5.37. The van der Waals surface area contributed by atoms with Crippen LogP contribution in [0.25, 0.3) is 11.3 Å². The monoisotopic (exact) mass is 310 g/mol. The van der Waals surface area contributed by atoms with Crippen LogP contribution in [-0.4, -0.2) is 23.0 Å². The van der Waals surface area contributed by atoms with Crippen molar-refractivity contribution in [3.63, 3.8) is 0 Å². The Labute approximate surface area is 134 Å². The zero-order valence-corrected chi connectivity index (χ0v) is 12.9. The van der Waals surface area contributed by atoms with Crippen LogP contribution in [0.5, 0.6) is 0 Å². The summed E-state index contributed by atoms with van der Waals surface area (Å²) in [6.45, 7) is 0.400. The maximum Gasteiger partial charge on any atom is 0.223 e. The van der Waals surface area contributed by atoms with E-state index in [1.54, 1.807) is 18.2 Å². The Hall–Kier alpha value is -2.82. The van der Waals surface area contributed by atoms with Crippen molar-refractivity contribution >= 4 is 5.91 Å². The molecule has 3 aromatic rings. The zero-order chi connectivity index (χ0) is 16.1. The van der Waals surface area contributed by atoms with Crippen molar-refractivity contribution in [1.29, 1.82) is 0 Å². The summed E-state index contributed by atoms with van der Waals surface area (Å²) in [5.41, 5.74) is 1.77. The molecule has 5 nitrogen and oxygen atoms in total. The van der Waals surface area contributed by atoms with Gasteiger partial charge in [-0.1, -0.05) is 35.5 Å². The van der Waals surface area contributed by atoms with E-state index in [9.17, 15) is 4.79 Å². The normalized spacial score (nSPS) is 10.7. The number of amides is 1. The lowest BCUT2D eigenvalue weighted by molar-refractivity contribution is -0.130. The molecule has 0 atom stereocenters. The number of carbonyl (C=O) groups excluding carboxylic acids is 1. The van der Waals surface area contributed by atoms with E-state index < -0.39 is 0 Å². The summed E-state index contributed by atoms with van der Waals surface area (Å²) >= 11 is 0. The Balaban J connectivity index is 1.56. The van der Waals surface area contributed by atoms with E-state index in [1.165, 1.54) is 0 Å². The van der Waals surface area contributed by atoms with Crippen molar-refractivity contribution in [2.45, 2.75) is 19.4 Å². The molecular formula is C18H18N2O3. The molecule has 118 valence electrons. The first kappa shape index (κ1) is 15.1. The largest absolute Gasteiger partial charge is 0.469 e. The van der Waals surface area contributed by atoms with Crippen molar-refractivity contribution in [2.75, 3.05) is 7.05 Å². The minimum Gasteiger partial charge on any atom is -0.469 e. The number of nitrogens with zero attached hydrogens (tertiary/aromatic N) is 2. The van der Waals surface area contributed by atoms with Crippen LogP contribution < -0.4 is 0 Å². The van der Waals surface area contributed by atoms with Crippen LogP contribution in [0.15, 0.2) is 63.7 Å². The molecule has 0 aliphatic carbocycles. The number of benzene rings is 1. The Morgan fingerprint density at radius 1 is 1.13 bits per heavy atom. The van der Waals surface area contributed by atoms with E-state index in [0.29, 0.717) is 25.1 Å². The summed E-state index contributed by atoms with van der Waals surface area (Å²) < 4.78 is 10.6. The molecule has 0 bridgehead atoms.